The van der Waals surface area contributed by atoms with Crippen LogP contribution in [0.3, 0.4) is 0 Å². The van der Waals surface area contributed by atoms with E-state index in [1.807, 2.05) is 11.3 Å². The zero-order valence-corrected chi connectivity index (χ0v) is 11.4. The van der Waals surface area contributed by atoms with Crippen molar-refractivity contribution >= 4 is 11.3 Å². The number of thiophene rings is 1. The summed E-state index contributed by atoms with van der Waals surface area (Å²) >= 11 is 1.84. The van der Waals surface area contributed by atoms with E-state index in [4.69, 9.17) is 0 Å². The van der Waals surface area contributed by atoms with Crippen molar-refractivity contribution in [2.45, 2.75) is 33.6 Å². The predicted octanol–water partition coefficient (Wildman–Crippen LogP) is 3.87. The van der Waals surface area contributed by atoms with Crippen molar-refractivity contribution < 1.29 is 0 Å². The number of hydrogen-bond acceptors (Lipinski definition) is 2. The molecular weight excluding hydrogens is 214 g/mol. The third-order valence-corrected chi connectivity index (χ3v) is 3.28. The summed E-state index contributed by atoms with van der Waals surface area (Å²) in [6.45, 7) is 8.93. The largest absolute Gasteiger partial charge is 0.316 e. The standard InChI is InChI=1S/C14H23NS/c1-12(2)11-15-8-4-6-13(3)10-14-7-5-9-16-14/h5-7,9,12,15H,4,8,10-11H2,1-3H3. The molecule has 0 bridgehead atoms. The van der Waals surface area contributed by atoms with Crippen molar-refractivity contribution in [3.63, 3.8) is 0 Å². The molecule has 0 saturated carbocycles. The van der Waals surface area contributed by atoms with Gasteiger partial charge in [-0.3, -0.25) is 0 Å². The molecule has 0 saturated heterocycles. The number of rotatable bonds is 7. The second kappa shape index (κ2) is 7.64. The van der Waals surface area contributed by atoms with Gasteiger partial charge in [0, 0.05) is 11.3 Å². The molecule has 0 aliphatic heterocycles. The molecule has 1 nitrogen and oxygen atoms in total. The molecule has 16 heavy (non-hydrogen) atoms. The van der Waals surface area contributed by atoms with Crippen LogP contribution in [0.4, 0.5) is 0 Å². The van der Waals surface area contributed by atoms with E-state index in [0.717, 1.165) is 31.8 Å². The molecule has 0 fully saturated rings. The van der Waals surface area contributed by atoms with E-state index in [2.05, 4.69) is 49.7 Å². The second-order valence-electron chi connectivity index (χ2n) is 4.69. The summed E-state index contributed by atoms with van der Waals surface area (Å²) in [5.74, 6) is 0.746. The average molecular weight is 237 g/mol. The summed E-state index contributed by atoms with van der Waals surface area (Å²) in [7, 11) is 0. The average Bonchev–Trinajstić information content (AvgIpc) is 2.69. The van der Waals surface area contributed by atoms with Crippen LogP contribution in [-0.2, 0) is 6.42 Å². The van der Waals surface area contributed by atoms with Crippen molar-refractivity contribution in [3.05, 3.63) is 34.0 Å². The number of hydrogen-bond donors (Lipinski definition) is 1. The van der Waals surface area contributed by atoms with Gasteiger partial charge in [0.1, 0.15) is 0 Å². The lowest BCUT2D eigenvalue weighted by molar-refractivity contribution is 0.556. The van der Waals surface area contributed by atoms with E-state index in [0.29, 0.717) is 0 Å². The quantitative estimate of drug-likeness (QED) is 0.560. The molecule has 0 aromatic carbocycles. The van der Waals surface area contributed by atoms with Crippen LogP contribution in [-0.4, -0.2) is 13.1 Å². The molecule has 0 aliphatic rings. The molecule has 1 N–H and O–H groups in total. The summed E-state index contributed by atoms with van der Waals surface area (Å²) < 4.78 is 0. The smallest absolute Gasteiger partial charge is 0.00855 e. The summed E-state index contributed by atoms with van der Waals surface area (Å²) in [4.78, 5) is 1.46. The Labute approximate surface area is 104 Å². The first kappa shape index (κ1) is 13.5. The van der Waals surface area contributed by atoms with Gasteiger partial charge in [-0.1, -0.05) is 31.6 Å². The van der Waals surface area contributed by atoms with E-state index >= 15 is 0 Å². The van der Waals surface area contributed by atoms with Crippen LogP contribution >= 0.6 is 11.3 Å². The fourth-order valence-electron chi connectivity index (χ4n) is 1.57. The van der Waals surface area contributed by atoms with Gasteiger partial charge in [0.2, 0.25) is 0 Å². The van der Waals surface area contributed by atoms with Crippen molar-refractivity contribution in [2.24, 2.45) is 5.92 Å². The molecule has 1 aromatic heterocycles. The minimum absolute atomic E-state index is 0.746. The molecule has 90 valence electrons. The lowest BCUT2D eigenvalue weighted by atomic mass is 10.1. The first-order chi connectivity index (χ1) is 7.68. The molecule has 1 aromatic rings. The van der Waals surface area contributed by atoms with Gasteiger partial charge < -0.3 is 5.32 Å². The van der Waals surface area contributed by atoms with Crippen LogP contribution in [0.5, 0.6) is 0 Å². The lowest BCUT2D eigenvalue weighted by Crippen LogP contribution is -2.20. The first-order valence-corrected chi connectivity index (χ1v) is 6.95. The molecular formula is C14H23NS. The molecule has 0 unspecified atom stereocenters. The van der Waals surface area contributed by atoms with Gasteiger partial charge in [-0.15, -0.1) is 11.3 Å². The second-order valence-corrected chi connectivity index (χ2v) is 5.73. The van der Waals surface area contributed by atoms with E-state index in [-0.39, 0.29) is 0 Å². The van der Waals surface area contributed by atoms with Gasteiger partial charge in [0.25, 0.3) is 0 Å². The van der Waals surface area contributed by atoms with E-state index in [1.165, 1.54) is 10.5 Å². The van der Waals surface area contributed by atoms with Crippen LogP contribution in [0, 0.1) is 5.92 Å². The highest BCUT2D eigenvalue weighted by Crippen LogP contribution is 2.13. The Balaban J connectivity index is 2.14. The zero-order chi connectivity index (χ0) is 11.8. The maximum Gasteiger partial charge on any atom is 0.00855 e. The van der Waals surface area contributed by atoms with Gasteiger partial charge in [-0.05, 0) is 43.8 Å². The molecule has 0 amide bonds. The SMILES string of the molecule is CC(=CCCNCC(C)C)Cc1cccs1. The van der Waals surface area contributed by atoms with Crippen LogP contribution < -0.4 is 5.32 Å². The van der Waals surface area contributed by atoms with Gasteiger partial charge in [0.05, 0.1) is 0 Å². The normalized spacial score (nSPS) is 12.4. The van der Waals surface area contributed by atoms with Crippen LogP contribution in [0.25, 0.3) is 0 Å². The monoisotopic (exact) mass is 237 g/mol. The predicted molar refractivity (Wildman–Crippen MR) is 74.1 cm³/mol. The van der Waals surface area contributed by atoms with Crippen molar-refractivity contribution in [1.82, 2.24) is 5.32 Å². The summed E-state index contributed by atoms with van der Waals surface area (Å²) in [5, 5.41) is 5.60. The molecule has 1 rings (SSSR count). The van der Waals surface area contributed by atoms with Crippen molar-refractivity contribution in [3.8, 4) is 0 Å². The summed E-state index contributed by atoms with van der Waals surface area (Å²) in [6.07, 6.45) is 4.61. The van der Waals surface area contributed by atoms with E-state index in [1.54, 1.807) is 0 Å². The lowest BCUT2D eigenvalue weighted by Gasteiger charge is -2.05. The number of allylic oxidation sites excluding steroid dienone is 1. The van der Waals surface area contributed by atoms with Crippen LogP contribution in [0.1, 0.15) is 32.1 Å². The molecule has 0 radical (unpaired) electrons. The van der Waals surface area contributed by atoms with Gasteiger partial charge in [-0.2, -0.15) is 0 Å². The van der Waals surface area contributed by atoms with Gasteiger partial charge in [0.15, 0.2) is 0 Å². The number of nitrogens with one attached hydrogen (secondary N) is 1. The Kier molecular flexibility index (Phi) is 6.43. The van der Waals surface area contributed by atoms with Crippen LogP contribution in [0.15, 0.2) is 29.2 Å². The topological polar surface area (TPSA) is 12.0 Å². The molecule has 0 aliphatic carbocycles. The van der Waals surface area contributed by atoms with E-state index in [9.17, 15) is 0 Å². The third kappa shape index (κ3) is 6.09. The fraction of sp³-hybridized carbons (Fsp3) is 0.571. The maximum absolute atomic E-state index is 3.46. The minimum atomic E-state index is 0.746. The maximum atomic E-state index is 3.46. The Bertz CT molecular complexity index is 299. The minimum Gasteiger partial charge on any atom is -0.316 e. The van der Waals surface area contributed by atoms with Crippen molar-refractivity contribution in [2.75, 3.05) is 13.1 Å². The van der Waals surface area contributed by atoms with Crippen molar-refractivity contribution in [1.29, 1.82) is 0 Å². The molecule has 2 heteroatoms. The molecule has 0 atom stereocenters. The Morgan fingerprint density at radius 1 is 1.50 bits per heavy atom. The van der Waals surface area contributed by atoms with Gasteiger partial charge in [-0.25, -0.2) is 0 Å². The Morgan fingerprint density at radius 2 is 2.31 bits per heavy atom. The molecule has 1 heterocycles. The fourth-order valence-corrected chi connectivity index (χ4v) is 2.37. The molecule has 0 spiro atoms. The summed E-state index contributed by atoms with van der Waals surface area (Å²) in [5.41, 5.74) is 1.48. The third-order valence-electron chi connectivity index (χ3n) is 2.40. The highest BCUT2D eigenvalue weighted by atomic mass is 32.1. The van der Waals surface area contributed by atoms with Gasteiger partial charge >= 0.3 is 0 Å². The Morgan fingerprint density at radius 3 is 2.94 bits per heavy atom. The highest BCUT2D eigenvalue weighted by molar-refractivity contribution is 7.09. The Hall–Kier alpha value is -0.600. The highest BCUT2D eigenvalue weighted by Gasteiger charge is 1.95. The zero-order valence-electron chi connectivity index (χ0n) is 10.6. The first-order valence-electron chi connectivity index (χ1n) is 6.07. The van der Waals surface area contributed by atoms with Crippen LogP contribution in [0.2, 0.25) is 0 Å². The van der Waals surface area contributed by atoms with E-state index < -0.39 is 0 Å². The summed E-state index contributed by atoms with van der Waals surface area (Å²) in [6, 6.07) is 4.33.